The fourth-order valence-corrected chi connectivity index (χ4v) is 4.32. The molecule has 2 aromatic heterocycles. The predicted octanol–water partition coefficient (Wildman–Crippen LogP) is 3.35. The van der Waals surface area contributed by atoms with Gasteiger partial charge in [0.1, 0.15) is 5.75 Å². The van der Waals surface area contributed by atoms with Crippen molar-refractivity contribution in [2.75, 3.05) is 57.7 Å². The van der Waals surface area contributed by atoms with Crippen LogP contribution in [-0.2, 0) is 11.3 Å². The third-order valence-corrected chi connectivity index (χ3v) is 6.40. The minimum absolute atomic E-state index is 0.727. The highest BCUT2D eigenvalue weighted by molar-refractivity contribution is 9.10. The van der Waals surface area contributed by atoms with E-state index in [2.05, 4.69) is 47.9 Å². The van der Waals surface area contributed by atoms with E-state index >= 15 is 0 Å². The Bertz CT molecular complexity index is 993. The molecule has 3 heterocycles. The molecule has 0 saturated carbocycles. The van der Waals surface area contributed by atoms with Crippen LogP contribution in [0, 0.1) is 0 Å². The van der Waals surface area contributed by atoms with Crippen molar-refractivity contribution >= 4 is 39.3 Å². The molecule has 0 bridgehead atoms. The molecule has 166 valence electrons. The molecule has 10 heteroatoms. The van der Waals surface area contributed by atoms with Crippen LogP contribution in [0.5, 0.6) is 5.75 Å². The van der Waals surface area contributed by atoms with Crippen LogP contribution in [0.2, 0.25) is 0 Å². The smallest absolute Gasteiger partial charge is 0.231 e. The molecule has 0 amide bonds. The molecule has 0 spiro atoms. The topological polar surface area (TPSA) is 68.0 Å². The minimum Gasteiger partial charge on any atom is -0.497 e. The van der Waals surface area contributed by atoms with Gasteiger partial charge in [0.2, 0.25) is 5.95 Å². The second kappa shape index (κ2) is 10.6. The van der Waals surface area contributed by atoms with Crippen molar-refractivity contribution in [3.8, 4) is 5.75 Å². The number of anilines is 1. The number of rotatable bonds is 9. The molecule has 1 aliphatic rings. The Morgan fingerprint density at radius 2 is 1.97 bits per heavy atom. The number of methoxy groups -OCH3 is 1. The second-order valence-corrected chi connectivity index (χ2v) is 8.94. The monoisotopic (exact) mass is 506 g/mol. The summed E-state index contributed by atoms with van der Waals surface area (Å²) in [7, 11) is 1.68. The number of aromatic nitrogens is 4. The first kappa shape index (κ1) is 22.3. The van der Waals surface area contributed by atoms with E-state index < -0.39 is 0 Å². The second-order valence-electron chi connectivity index (χ2n) is 7.32. The van der Waals surface area contributed by atoms with E-state index in [1.54, 1.807) is 13.3 Å². The highest BCUT2D eigenvalue weighted by Gasteiger charge is 2.19. The van der Waals surface area contributed by atoms with Crippen molar-refractivity contribution in [3.05, 3.63) is 40.5 Å². The first-order chi connectivity index (χ1) is 15.2. The van der Waals surface area contributed by atoms with Crippen LogP contribution in [0.15, 0.2) is 40.1 Å². The summed E-state index contributed by atoms with van der Waals surface area (Å²) >= 11 is 5.10. The summed E-state index contributed by atoms with van der Waals surface area (Å²) in [5, 5.41) is 5.26. The van der Waals surface area contributed by atoms with Crippen molar-refractivity contribution in [2.45, 2.75) is 18.1 Å². The number of benzene rings is 1. The number of halogens is 1. The lowest BCUT2D eigenvalue weighted by molar-refractivity contribution is 0.0376. The SMILES string of the molecule is COc1ccc(CN(CCCN2CCOCC2)c2nc(SC)nc3c(Br)cnn23)cc1. The van der Waals surface area contributed by atoms with Gasteiger partial charge in [-0.2, -0.15) is 14.6 Å². The van der Waals surface area contributed by atoms with Gasteiger partial charge in [0, 0.05) is 32.7 Å². The van der Waals surface area contributed by atoms with Crippen LogP contribution in [0.4, 0.5) is 5.95 Å². The van der Waals surface area contributed by atoms with Gasteiger partial charge in [-0.05, 0) is 46.3 Å². The Labute approximate surface area is 195 Å². The van der Waals surface area contributed by atoms with Crippen molar-refractivity contribution in [2.24, 2.45) is 0 Å². The van der Waals surface area contributed by atoms with Crippen LogP contribution < -0.4 is 9.64 Å². The van der Waals surface area contributed by atoms with Gasteiger partial charge < -0.3 is 14.4 Å². The lowest BCUT2D eigenvalue weighted by atomic mass is 10.2. The van der Waals surface area contributed by atoms with E-state index in [0.717, 1.165) is 79.3 Å². The summed E-state index contributed by atoms with van der Waals surface area (Å²) in [5.41, 5.74) is 1.97. The predicted molar refractivity (Wildman–Crippen MR) is 126 cm³/mol. The Hall–Kier alpha value is -1.88. The van der Waals surface area contributed by atoms with E-state index in [-0.39, 0.29) is 0 Å². The average Bonchev–Trinajstić information content (AvgIpc) is 3.19. The minimum atomic E-state index is 0.727. The maximum atomic E-state index is 5.47. The Kier molecular flexibility index (Phi) is 7.65. The number of fused-ring (bicyclic) bond motifs is 1. The van der Waals surface area contributed by atoms with Gasteiger partial charge in [0.25, 0.3) is 0 Å². The normalized spacial score (nSPS) is 14.8. The van der Waals surface area contributed by atoms with Crippen molar-refractivity contribution in [1.29, 1.82) is 0 Å². The molecule has 8 nitrogen and oxygen atoms in total. The molecular weight excluding hydrogens is 480 g/mol. The summed E-state index contributed by atoms with van der Waals surface area (Å²) in [6.45, 7) is 6.26. The fourth-order valence-electron chi connectivity index (χ4n) is 3.62. The molecule has 1 fully saturated rings. The average molecular weight is 507 g/mol. The zero-order valence-electron chi connectivity index (χ0n) is 17.8. The number of hydrogen-bond acceptors (Lipinski definition) is 8. The van der Waals surface area contributed by atoms with Crippen LogP contribution >= 0.6 is 27.7 Å². The molecule has 31 heavy (non-hydrogen) atoms. The first-order valence-corrected chi connectivity index (χ1v) is 12.3. The van der Waals surface area contributed by atoms with Crippen molar-refractivity contribution in [3.63, 3.8) is 0 Å². The molecule has 0 N–H and O–H groups in total. The first-order valence-electron chi connectivity index (χ1n) is 10.3. The van der Waals surface area contributed by atoms with Crippen LogP contribution in [0.1, 0.15) is 12.0 Å². The van der Waals surface area contributed by atoms with Crippen LogP contribution in [0.25, 0.3) is 5.65 Å². The largest absolute Gasteiger partial charge is 0.497 e. The number of thioether (sulfide) groups is 1. The molecular formula is C21H27BrN6O2S. The zero-order chi connectivity index (χ0) is 21.6. The summed E-state index contributed by atoms with van der Waals surface area (Å²) in [4.78, 5) is 14.2. The van der Waals surface area contributed by atoms with Gasteiger partial charge in [-0.3, -0.25) is 4.90 Å². The van der Waals surface area contributed by atoms with Crippen molar-refractivity contribution < 1.29 is 9.47 Å². The van der Waals surface area contributed by atoms with E-state index in [1.807, 2.05) is 22.9 Å². The molecule has 4 rings (SSSR count). The Morgan fingerprint density at radius 3 is 2.68 bits per heavy atom. The molecule has 0 unspecified atom stereocenters. The van der Waals surface area contributed by atoms with Gasteiger partial charge in [0.05, 0.1) is 31.0 Å². The maximum absolute atomic E-state index is 5.47. The van der Waals surface area contributed by atoms with Gasteiger partial charge in [-0.15, -0.1) is 0 Å². The van der Waals surface area contributed by atoms with Crippen LogP contribution in [-0.4, -0.2) is 77.2 Å². The van der Waals surface area contributed by atoms with Gasteiger partial charge in [-0.1, -0.05) is 23.9 Å². The summed E-state index contributed by atoms with van der Waals surface area (Å²) < 4.78 is 13.5. The number of ether oxygens (including phenoxy) is 2. The molecule has 0 aliphatic carbocycles. The van der Waals surface area contributed by atoms with Crippen molar-refractivity contribution in [1.82, 2.24) is 24.5 Å². The third-order valence-electron chi connectivity index (χ3n) is 5.29. The van der Waals surface area contributed by atoms with Gasteiger partial charge in [0.15, 0.2) is 10.8 Å². The van der Waals surface area contributed by atoms with Gasteiger partial charge in [-0.25, -0.2) is 4.98 Å². The molecule has 0 atom stereocenters. The summed E-state index contributed by atoms with van der Waals surface area (Å²) in [6, 6.07) is 8.19. The number of hydrogen-bond donors (Lipinski definition) is 0. The highest BCUT2D eigenvalue weighted by Crippen LogP contribution is 2.25. The fraction of sp³-hybridized carbons (Fsp3) is 0.476. The Balaban J connectivity index is 1.60. The van der Waals surface area contributed by atoms with E-state index in [1.165, 1.54) is 17.3 Å². The third kappa shape index (κ3) is 5.49. The standard InChI is InChI=1S/C21H27BrN6O2S/c1-29-17-6-4-16(5-7-17)15-27(9-3-8-26-10-12-30-13-11-26)21-25-20(31-2)24-19-18(22)14-23-28(19)21/h4-7,14H,3,8-13,15H2,1-2H3. The molecule has 1 aliphatic heterocycles. The van der Waals surface area contributed by atoms with Gasteiger partial charge >= 0.3 is 0 Å². The van der Waals surface area contributed by atoms with E-state index in [4.69, 9.17) is 14.5 Å². The van der Waals surface area contributed by atoms with Crippen LogP contribution in [0.3, 0.4) is 0 Å². The number of morpholine rings is 1. The maximum Gasteiger partial charge on any atom is 0.231 e. The summed E-state index contributed by atoms with van der Waals surface area (Å²) in [6.07, 6.45) is 4.79. The van der Waals surface area contributed by atoms with E-state index in [9.17, 15) is 0 Å². The molecule has 3 aromatic rings. The molecule has 0 radical (unpaired) electrons. The van der Waals surface area contributed by atoms with E-state index in [0.29, 0.717) is 0 Å². The number of nitrogens with zero attached hydrogens (tertiary/aromatic N) is 6. The summed E-state index contributed by atoms with van der Waals surface area (Å²) in [5.74, 6) is 1.66. The lowest BCUT2D eigenvalue weighted by Gasteiger charge is -2.29. The quantitative estimate of drug-likeness (QED) is 0.409. The highest BCUT2D eigenvalue weighted by atomic mass is 79.9. The zero-order valence-corrected chi connectivity index (χ0v) is 20.2. The molecule has 1 saturated heterocycles. The molecule has 1 aromatic carbocycles. The Morgan fingerprint density at radius 1 is 1.19 bits per heavy atom. The lowest BCUT2D eigenvalue weighted by Crippen LogP contribution is -2.38.